The average molecular weight is 186 g/mol. The molecule has 2 fully saturated rings. The molecule has 0 aromatic rings. The maximum Gasteiger partial charge on any atom is 0.309 e. The molecule has 0 spiro atoms. The van der Waals surface area contributed by atoms with Crippen LogP contribution in [-0.2, 0) is 9.53 Å². The lowest BCUT2D eigenvalue weighted by Crippen LogP contribution is -2.44. The maximum absolute atomic E-state index is 11.0. The van der Waals surface area contributed by atoms with Crippen molar-refractivity contribution in [3.05, 3.63) is 0 Å². The fourth-order valence-electron chi connectivity index (χ4n) is 2.12. The van der Waals surface area contributed by atoms with Gasteiger partial charge in [0.25, 0.3) is 0 Å². The fourth-order valence-corrected chi connectivity index (χ4v) is 2.12. The van der Waals surface area contributed by atoms with Gasteiger partial charge in [-0.25, -0.2) is 0 Å². The summed E-state index contributed by atoms with van der Waals surface area (Å²) in [5, 5.41) is 19.0. The number of aliphatic carboxylic acids is 1. The molecule has 0 bridgehead atoms. The van der Waals surface area contributed by atoms with E-state index in [1.165, 1.54) is 0 Å². The van der Waals surface area contributed by atoms with Crippen molar-refractivity contribution >= 4 is 5.97 Å². The van der Waals surface area contributed by atoms with Crippen LogP contribution in [-0.4, -0.2) is 35.0 Å². The number of aliphatic hydroxyl groups is 1. The second kappa shape index (κ2) is 2.96. The summed E-state index contributed by atoms with van der Waals surface area (Å²) in [4.78, 5) is 11.0. The molecule has 0 aromatic carbocycles. The quantitative estimate of drug-likeness (QED) is 0.663. The van der Waals surface area contributed by atoms with Gasteiger partial charge in [-0.2, -0.15) is 0 Å². The molecule has 0 aromatic heterocycles. The van der Waals surface area contributed by atoms with Gasteiger partial charge in [0.05, 0.1) is 12.5 Å². The standard InChI is InChI=1S/C9H14O4/c10-8(11)7(6-1-2-6)9(12)3-4-13-5-9/h6-7,12H,1-5H2,(H,10,11). The molecule has 2 aliphatic rings. The fraction of sp³-hybridized carbons (Fsp3) is 0.889. The Morgan fingerprint density at radius 2 is 2.23 bits per heavy atom. The minimum Gasteiger partial charge on any atom is -0.481 e. The van der Waals surface area contributed by atoms with Gasteiger partial charge in [0.1, 0.15) is 5.60 Å². The Balaban J connectivity index is 2.13. The van der Waals surface area contributed by atoms with Crippen molar-refractivity contribution in [3.63, 3.8) is 0 Å². The molecule has 1 saturated heterocycles. The summed E-state index contributed by atoms with van der Waals surface area (Å²) in [6.07, 6.45) is 2.32. The van der Waals surface area contributed by atoms with Gasteiger partial charge in [-0.15, -0.1) is 0 Å². The third kappa shape index (κ3) is 1.56. The van der Waals surface area contributed by atoms with Crippen molar-refractivity contribution < 1.29 is 19.7 Å². The predicted molar refractivity (Wildman–Crippen MR) is 44.2 cm³/mol. The van der Waals surface area contributed by atoms with Gasteiger partial charge < -0.3 is 14.9 Å². The van der Waals surface area contributed by atoms with E-state index in [9.17, 15) is 9.90 Å². The third-order valence-electron chi connectivity index (χ3n) is 2.97. The molecule has 0 amide bonds. The highest BCUT2D eigenvalue weighted by Gasteiger charge is 2.51. The Bertz CT molecular complexity index is 216. The zero-order valence-corrected chi connectivity index (χ0v) is 7.40. The van der Waals surface area contributed by atoms with Gasteiger partial charge in [0, 0.05) is 13.0 Å². The number of carbonyl (C=O) groups is 1. The Kier molecular flexibility index (Phi) is 2.04. The van der Waals surface area contributed by atoms with E-state index in [1.807, 2.05) is 0 Å². The molecule has 2 atom stereocenters. The number of rotatable bonds is 3. The molecule has 74 valence electrons. The van der Waals surface area contributed by atoms with E-state index < -0.39 is 17.5 Å². The van der Waals surface area contributed by atoms with Gasteiger partial charge in [-0.3, -0.25) is 4.79 Å². The minimum absolute atomic E-state index is 0.171. The van der Waals surface area contributed by atoms with Crippen molar-refractivity contribution in [3.8, 4) is 0 Å². The zero-order valence-electron chi connectivity index (χ0n) is 7.40. The van der Waals surface area contributed by atoms with Gasteiger partial charge >= 0.3 is 5.97 Å². The Morgan fingerprint density at radius 3 is 2.62 bits per heavy atom. The van der Waals surface area contributed by atoms with E-state index in [0.29, 0.717) is 13.0 Å². The van der Waals surface area contributed by atoms with Crippen LogP contribution in [0, 0.1) is 11.8 Å². The Morgan fingerprint density at radius 1 is 1.54 bits per heavy atom. The van der Waals surface area contributed by atoms with E-state index in [4.69, 9.17) is 9.84 Å². The van der Waals surface area contributed by atoms with E-state index in [-0.39, 0.29) is 12.5 Å². The lowest BCUT2D eigenvalue weighted by molar-refractivity contribution is -0.153. The summed E-state index contributed by atoms with van der Waals surface area (Å²) < 4.78 is 5.06. The lowest BCUT2D eigenvalue weighted by atomic mass is 9.83. The van der Waals surface area contributed by atoms with Crippen LogP contribution in [0.5, 0.6) is 0 Å². The van der Waals surface area contributed by atoms with Gasteiger partial charge in [0.2, 0.25) is 0 Å². The van der Waals surface area contributed by atoms with E-state index >= 15 is 0 Å². The molecule has 2 N–H and O–H groups in total. The zero-order chi connectivity index (χ0) is 9.47. The molecule has 0 radical (unpaired) electrons. The van der Waals surface area contributed by atoms with Crippen molar-refractivity contribution in [2.24, 2.45) is 11.8 Å². The van der Waals surface area contributed by atoms with E-state index in [1.54, 1.807) is 0 Å². The molecular formula is C9H14O4. The largest absolute Gasteiger partial charge is 0.481 e. The molecule has 1 aliphatic carbocycles. The molecule has 4 nitrogen and oxygen atoms in total. The van der Waals surface area contributed by atoms with Gasteiger partial charge in [-0.1, -0.05) is 0 Å². The summed E-state index contributed by atoms with van der Waals surface area (Å²) in [7, 11) is 0. The molecule has 1 aliphatic heterocycles. The number of carboxylic acids is 1. The van der Waals surface area contributed by atoms with E-state index in [0.717, 1.165) is 12.8 Å². The molecule has 2 unspecified atom stereocenters. The van der Waals surface area contributed by atoms with Crippen LogP contribution >= 0.6 is 0 Å². The smallest absolute Gasteiger partial charge is 0.309 e. The monoisotopic (exact) mass is 186 g/mol. The second-order valence-corrected chi connectivity index (χ2v) is 4.06. The second-order valence-electron chi connectivity index (χ2n) is 4.06. The van der Waals surface area contributed by atoms with Crippen molar-refractivity contribution in [2.45, 2.75) is 24.9 Å². The Labute approximate surface area is 76.5 Å². The van der Waals surface area contributed by atoms with E-state index in [2.05, 4.69) is 0 Å². The van der Waals surface area contributed by atoms with Crippen LogP contribution in [0.15, 0.2) is 0 Å². The average Bonchev–Trinajstić information content (AvgIpc) is 2.74. The number of carboxylic acid groups (broad SMARTS) is 1. The van der Waals surface area contributed by atoms with Crippen LogP contribution in [0.25, 0.3) is 0 Å². The van der Waals surface area contributed by atoms with Crippen LogP contribution in [0.2, 0.25) is 0 Å². The summed E-state index contributed by atoms with van der Waals surface area (Å²) >= 11 is 0. The first kappa shape index (κ1) is 8.97. The van der Waals surface area contributed by atoms with Crippen LogP contribution < -0.4 is 0 Å². The minimum atomic E-state index is -1.10. The Hall–Kier alpha value is -0.610. The van der Waals surface area contributed by atoms with Crippen molar-refractivity contribution in [2.75, 3.05) is 13.2 Å². The first-order valence-corrected chi connectivity index (χ1v) is 4.66. The number of hydrogen-bond donors (Lipinski definition) is 2. The summed E-state index contributed by atoms with van der Waals surface area (Å²) in [6, 6.07) is 0. The molecule has 2 rings (SSSR count). The van der Waals surface area contributed by atoms with Gasteiger partial charge in [0.15, 0.2) is 0 Å². The van der Waals surface area contributed by atoms with Gasteiger partial charge in [-0.05, 0) is 18.8 Å². The normalized spacial score (nSPS) is 36.1. The van der Waals surface area contributed by atoms with Crippen molar-refractivity contribution in [1.82, 2.24) is 0 Å². The third-order valence-corrected chi connectivity index (χ3v) is 2.97. The molecule has 13 heavy (non-hydrogen) atoms. The van der Waals surface area contributed by atoms with Crippen LogP contribution in [0.3, 0.4) is 0 Å². The van der Waals surface area contributed by atoms with Crippen LogP contribution in [0.4, 0.5) is 0 Å². The summed E-state index contributed by atoms with van der Waals surface area (Å²) in [6.45, 7) is 0.660. The number of hydrogen-bond acceptors (Lipinski definition) is 3. The molecule has 1 saturated carbocycles. The molecule has 1 heterocycles. The molecular weight excluding hydrogens is 172 g/mol. The lowest BCUT2D eigenvalue weighted by Gasteiger charge is -2.27. The SMILES string of the molecule is O=C(O)C(C1CC1)C1(O)CCOC1. The topological polar surface area (TPSA) is 66.8 Å². The predicted octanol–water partition coefficient (Wildman–Crippen LogP) is 0.249. The first-order chi connectivity index (χ1) is 6.13. The molecule has 4 heteroatoms. The maximum atomic E-state index is 11.0. The summed E-state index contributed by atoms with van der Waals surface area (Å²) in [5.74, 6) is -1.32. The summed E-state index contributed by atoms with van der Waals surface area (Å²) in [5.41, 5.74) is -1.10. The highest BCUT2D eigenvalue weighted by molar-refractivity contribution is 5.72. The number of ether oxygens (including phenoxy) is 1. The highest BCUT2D eigenvalue weighted by atomic mass is 16.5. The van der Waals surface area contributed by atoms with Crippen molar-refractivity contribution in [1.29, 1.82) is 0 Å². The van der Waals surface area contributed by atoms with Crippen LogP contribution in [0.1, 0.15) is 19.3 Å². The first-order valence-electron chi connectivity index (χ1n) is 4.66. The highest BCUT2D eigenvalue weighted by Crippen LogP contribution is 2.44.